The van der Waals surface area contributed by atoms with Crippen molar-refractivity contribution in [1.82, 2.24) is 0 Å². The van der Waals surface area contributed by atoms with Gasteiger partial charge >= 0.3 is 0 Å². The van der Waals surface area contributed by atoms with Gasteiger partial charge in [-0.05, 0) is 46.2 Å². The fourth-order valence-electron chi connectivity index (χ4n) is 2.61. The van der Waals surface area contributed by atoms with Crippen LogP contribution in [0.4, 0.5) is 18.9 Å². The molecule has 5 heteroatoms. The molecule has 1 aliphatic rings. The molecule has 0 aliphatic carbocycles. The van der Waals surface area contributed by atoms with E-state index >= 15 is 0 Å². The van der Waals surface area contributed by atoms with Gasteiger partial charge in [-0.2, -0.15) is 0 Å². The normalized spacial score (nSPS) is 24.5. The highest BCUT2D eigenvalue weighted by Gasteiger charge is 2.46. The Morgan fingerprint density at radius 3 is 2.26 bits per heavy atom. The number of ether oxygens (including phenoxy) is 1. The fourth-order valence-corrected chi connectivity index (χ4v) is 2.61. The third-order valence-corrected chi connectivity index (χ3v) is 3.44. The molecule has 0 radical (unpaired) electrons. The first kappa shape index (κ1) is 14.2. The topological polar surface area (TPSA) is 21.3 Å². The Morgan fingerprint density at radius 1 is 1.11 bits per heavy atom. The highest BCUT2D eigenvalue weighted by molar-refractivity contribution is 5.47. The van der Waals surface area contributed by atoms with Crippen LogP contribution in [0.1, 0.15) is 34.1 Å². The van der Waals surface area contributed by atoms with E-state index in [2.05, 4.69) is 5.32 Å². The van der Waals surface area contributed by atoms with Crippen LogP contribution >= 0.6 is 0 Å². The van der Waals surface area contributed by atoms with Gasteiger partial charge in [0.2, 0.25) is 0 Å². The zero-order valence-electron chi connectivity index (χ0n) is 11.5. The second kappa shape index (κ2) is 4.40. The number of benzene rings is 1. The quantitative estimate of drug-likeness (QED) is 0.826. The van der Waals surface area contributed by atoms with Gasteiger partial charge in [0.25, 0.3) is 0 Å². The number of anilines is 1. The molecule has 1 heterocycles. The largest absolute Gasteiger partial charge is 0.377 e. The lowest BCUT2D eigenvalue weighted by molar-refractivity contribution is -0.0662. The number of nitrogens with one attached hydrogen (secondary N) is 1. The SMILES string of the molecule is CC1(C)CC(Nc2ccc(F)c(F)c2F)C(C)(C)O1. The van der Waals surface area contributed by atoms with E-state index in [-0.39, 0.29) is 17.3 Å². The lowest BCUT2D eigenvalue weighted by atomic mass is 9.94. The summed E-state index contributed by atoms with van der Waals surface area (Å²) in [5, 5.41) is 2.92. The summed E-state index contributed by atoms with van der Waals surface area (Å²) in [4.78, 5) is 0. The van der Waals surface area contributed by atoms with Gasteiger partial charge in [0.05, 0.1) is 22.9 Å². The van der Waals surface area contributed by atoms with Crippen molar-refractivity contribution in [2.24, 2.45) is 0 Å². The van der Waals surface area contributed by atoms with Crippen molar-refractivity contribution in [3.8, 4) is 0 Å². The van der Waals surface area contributed by atoms with Crippen molar-refractivity contribution in [1.29, 1.82) is 0 Å². The molecule has 1 aromatic rings. The Kier molecular flexibility index (Phi) is 3.29. The minimum atomic E-state index is -1.46. The molecule has 2 rings (SSSR count). The van der Waals surface area contributed by atoms with E-state index in [1.54, 1.807) is 0 Å². The van der Waals surface area contributed by atoms with Crippen LogP contribution in [-0.4, -0.2) is 17.2 Å². The summed E-state index contributed by atoms with van der Waals surface area (Å²) in [6, 6.07) is 1.94. The molecule has 106 valence electrons. The summed E-state index contributed by atoms with van der Waals surface area (Å²) in [5.41, 5.74) is -0.893. The summed E-state index contributed by atoms with van der Waals surface area (Å²) < 4.78 is 45.6. The molecule has 1 unspecified atom stereocenters. The van der Waals surface area contributed by atoms with Gasteiger partial charge in [-0.1, -0.05) is 0 Å². The van der Waals surface area contributed by atoms with Crippen LogP contribution in [-0.2, 0) is 4.74 Å². The van der Waals surface area contributed by atoms with Gasteiger partial charge in [0.1, 0.15) is 0 Å². The summed E-state index contributed by atoms with van der Waals surface area (Å²) in [5.74, 6) is -3.84. The third-order valence-electron chi connectivity index (χ3n) is 3.44. The third kappa shape index (κ3) is 2.71. The van der Waals surface area contributed by atoms with Crippen LogP contribution < -0.4 is 5.32 Å². The number of halogens is 3. The van der Waals surface area contributed by atoms with E-state index < -0.39 is 23.1 Å². The minimum absolute atomic E-state index is 0.0433. The van der Waals surface area contributed by atoms with Crippen LogP contribution in [0.5, 0.6) is 0 Å². The lowest BCUT2D eigenvalue weighted by Crippen LogP contribution is -2.38. The van der Waals surface area contributed by atoms with Gasteiger partial charge in [0, 0.05) is 0 Å². The lowest BCUT2D eigenvalue weighted by Gasteiger charge is -2.28. The Bertz CT molecular complexity index is 500. The molecule has 2 nitrogen and oxygen atoms in total. The van der Waals surface area contributed by atoms with Gasteiger partial charge in [-0.15, -0.1) is 0 Å². The first-order valence-electron chi connectivity index (χ1n) is 6.23. The van der Waals surface area contributed by atoms with Crippen molar-refractivity contribution in [3.05, 3.63) is 29.6 Å². The summed E-state index contributed by atoms with van der Waals surface area (Å²) in [6.45, 7) is 7.66. The smallest absolute Gasteiger partial charge is 0.196 e. The molecule has 0 saturated carbocycles. The van der Waals surface area contributed by atoms with Crippen molar-refractivity contribution in [3.63, 3.8) is 0 Å². The molecule has 1 N–H and O–H groups in total. The average molecular weight is 273 g/mol. The Labute approximate surface area is 111 Å². The molecule has 0 amide bonds. The second-order valence-corrected chi connectivity index (χ2v) is 6.09. The Hall–Kier alpha value is -1.23. The zero-order valence-corrected chi connectivity index (χ0v) is 11.5. The minimum Gasteiger partial charge on any atom is -0.377 e. The maximum Gasteiger partial charge on any atom is 0.196 e. The van der Waals surface area contributed by atoms with E-state index in [0.717, 1.165) is 6.07 Å². The molecule has 0 aromatic heterocycles. The van der Waals surface area contributed by atoms with Crippen LogP contribution in [0.3, 0.4) is 0 Å². The Morgan fingerprint density at radius 2 is 1.74 bits per heavy atom. The molecular weight excluding hydrogens is 255 g/mol. The maximum atomic E-state index is 13.6. The summed E-state index contributed by atoms with van der Waals surface area (Å²) in [7, 11) is 0. The summed E-state index contributed by atoms with van der Waals surface area (Å²) >= 11 is 0. The van der Waals surface area contributed by atoms with Crippen LogP contribution in [0.2, 0.25) is 0 Å². The highest BCUT2D eigenvalue weighted by atomic mass is 19.2. The summed E-state index contributed by atoms with van der Waals surface area (Å²) in [6.07, 6.45) is 0.651. The predicted octanol–water partition coefficient (Wildman–Crippen LogP) is 3.86. The number of hydrogen-bond donors (Lipinski definition) is 1. The van der Waals surface area contributed by atoms with Crippen molar-refractivity contribution < 1.29 is 17.9 Å². The van der Waals surface area contributed by atoms with E-state index in [4.69, 9.17) is 4.74 Å². The fraction of sp³-hybridized carbons (Fsp3) is 0.571. The van der Waals surface area contributed by atoms with Crippen LogP contribution in [0, 0.1) is 17.5 Å². The number of rotatable bonds is 2. The molecule has 1 fully saturated rings. The first-order valence-corrected chi connectivity index (χ1v) is 6.23. The van der Waals surface area contributed by atoms with Gasteiger partial charge in [0.15, 0.2) is 17.5 Å². The van der Waals surface area contributed by atoms with Crippen LogP contribution in [0.15, 0.2) is 12.1 Å². The van der Waals surface area contributed by atoms with Crippen molar-refractivity contribution >= 4 is 5.69 Å². The molecule has 1 aromatic carbocycles. The van der Waals surface area contributed by atoms with Crippen molar-refractivity contribution in [2.45, 2.75) is 51.4 Å². The van der Waals surface area contributed by atoms with E-state index in [0.29, 0.717) is 6.42 Å². The molecule has 19 heavy (non-hydrogen) atoms. The molecule has 1 aliphatic heterocycles. The standard InChI is InChI=1S/C14H18F3NO/c1-13(2)7-10(14(3,4)19-13)18-9-6-5-8(15)11(16)12(9)17/h5-6,10,18H,7H2,1-4H3. The molecule has 0 bridgehead atoms. The van der Waals surface area contributed by atoms with Gasteiger partial charge in [-0.25, -0.2) is 13.2 Å². The van der Waals surface area contributed by atoms with Gasteiger partial charge < -0.3 is 10.1 Å². The van der Waals surface area contributed by atoms with Crippen molar-refractivity contribution in [2.75, 3.05) is 5.32 Å². The Balaban J connectivity index is 2.25. The second-order valence-electron chi connectivity index (χ2n) is 6.09. The highest BCUT2D eigenvalue weighted by Crippen LogP contribution is 2.39. The van der Waals surface area contributed by atoms with Gasteiger partial charge in [-0.3, -0.25) is 0 Å². The molecule has 1 saturated heterocycles. The average Bonchev–Trinajstić information content (AvgIpc) is 2.47. The predicted molar refractivity (Wildman–Crippen MR) is 67.6 cm³/mol. The van der Waals surface area contributed by atoms with E-state index in [1.165, 1.54) is 6.07 Å². The van der Waals surface area contributed by atoms with E-state index in [1.807, 2.05) is 27.7 Å². The molecule has 1 atom stereocenters. The first-order chi connectivity index (χ1) is 8.62. The molecule has 0 spiro atoms. The zero-order chi connectivity index (χ0) is 14.4. The molecular formula is C14H18F3NO. The number of hydrogen-bond acceptors (Lipinski definition) is 2. The maximum absolute atomic E-state index is 13.6. The van der Waals surface area contributed by atoms with Crippen LogP contribution in [0.25, 0.3) is 0 Å². The monoisotopic (exact) mass is 273 g/mol. The van der Waals surface area contributed by atoms with E-state index in [9.17, 15) is 13.2 Å².